The summed E-state index contributed by atoms with van der Waals surface area (Å²) in [5, 5.41) is 10.4. The van der Waals surface area contributed by atoms with Gasteiger partial charge in [-0.05, 0) is 49.1 Å². The fourth-order valence-electron chi connectivity index (χ4n) is 3.35. The molecule has 0 radical (unpaired) electrons. The first kappa shape index (κ1) is 20.9. The molecule has 3 aromatic rings. The van der Waals surface area contributed by atoms with Gasteiger partial charge in [-0.25, -0.2) is 0 Å². The maximum atomic E-state index is 12.5. The van der Waals surface area contributed by atoms with Crippen LogP contribution in [0.15, 0.2) is 57.8 Å². The second kappa shape index (κ2) is 9.22. The van der Waals surface area contributed by atoms with Gasteiger partial charge in [0, 0.05) is 23.5 Å². The number of hydrogen-bond acceptors (Lipinski definition) is 7. The molecular formula is C22H22N4O4S. The number of nitrogens with one attached hydrogen (secondary N) is 1. The third-order valence-electron chi connectivity index (χ3n) is 5.00. The molecule has 1 atom stereocenters. The zero-order valence-electron chi connectivity index (χ0n) is 17.2. The van der Waals surface area contributed by atoms with Crippen molar-refractivity contribution in [1.29, 1.82) is 0 Å². The molecule has 0 bridgehead atoms. The molecule has 1 fully saturated rings. The molecule has 31 heavy (non-hydrogen) atoms. The van der Waals surface area contributed by atoms with Gasteiger partial charge in [-0.15, -0.1) is 16.9 Å². The van der Waals surface area contributed by atoms with Gasteiger partial charge >= 0.3 is 6.01 Å². The van der Waals surface area contributed by atoms with E-state index in [1.807, 2.05) is 55.6 Å². The lowest BCUT2D eigenvalue weighted by molar-refractivity contribution is -0.118. The first-order valence-corrected chi connectivity index (χ1v) is 11.0. The topological polar surface area (TPSA) is 97.6 Å². The summed E-state index contributed by atoms with van der Waals surface area (Å²) in [7, 11) is 0. The van der Waals surface area contributed by atoms with E-state index in [2.05, 4.69) is 15.5 Å². The van der Waals surface area contributed by atoms with Crippen LogP contribution in [0.5, 0.6) is 5.75 Å². The fourth-order valence-corrected chi connectivity index (χ4v) is 3.76. The molecule has 8 nitrogen and oxygen atoms in total. The van der Waals surface area contributed by atoms with Crippen molar-refractivity contribution >= 4 is 35.3 Å². The Balaban J connectivity index is 1.34. The number of para-hydroxylation sites is 1. The monoisotopic (exact) mass is 438 g/mol. The minimum absolute atomic E-state index is 0.00248. The van der Waals surface area contributed by atoms with Crippen molar-refractivity contribution in [3.05, 3.63) is 60.0 Å². The lowest BCUT2D eigenvalue weighted by atomic mass is 10.1. The lowest BCUT2D eigenvalue weighted by Gasteiger charge is -2.16. The molecule has 9 heteroatoms. The molecule has 2 heterocycles. The van der Waals surface area contributed by atoms with Gasteiger partial charge in [0.1, 0.15) is 5.75 Å². The van der Waals surface area contributed by atoms with Gasteiger partial charge in [0.05, 0.1) is 5.92 Å². The van der Waals surface area contributed by atoms with E-state index in [4.69, 9.17) is 9.15 Å². The number of aromatic nitrogens is 2. The minimum Gasteiger partial charge on any atom is -0.483 e. The average Bonchev–Trinajstić information content (AvgIpc) is 3.40. The highest BCUT2D eigenvalue weighted by molar-refractivity contribution is 7.98. The number of anilines is 2. The van der Waals surface area contributed by atoms with Crippen molar-refractivity contribution in [2.24, 2.45) is 0 Å². The Kier molecular flexibility index (Phi) is 6.22. The van der Waals surface area contributed by atoms with Gasteiger partial charge in [0.25, 0.3) is 5.91 Å². The smallest absolute Gasteiger partial charge is 0.322 e. The molecular weight excluding hydrogens is 416 g/mol. The van der Waals surface area contributed by atoms with Gasteiger partial charge in [0.2, 0.25) is 11.8 Å². The minimum atomic E-state index is -0.406. The predicted molar refractivity (Wildman–Crippen MR) is 118 cm³/mol. The van der Waals surface area contributed by atoms with Crippen molar-refractivity contribution in [2.45, 2.75) is 24.2 Å². The lowest BCUT2D eigenvalue weighted by Crippen LogP contribution is -2.24. The van der Waals surface area contributed by atoms with Crippen LogP contribution in [0.25, 0.3) is 0 Å². The van der Waals surface area contributed by atoms with Crippen molar-refractivity contribution in [3.8, 4) is 5.75 Å². The summed E-state index contributed by atoms with van der Waals surface area (Å²) in [6, 6.07) is 15.3. The molecule has 160 valence electrons. The van der Waals surface area contributed by atoms with Crippen LogP contribution in [0, 0.1) is 6.92 Å². The number of thioether (sulfide) groups is 1. The molecule has 1 N–H and O–H groups in total. The Morgan fingerprint density at radius 2 is 2.00 bits per heavy atom. The van der Waals surface area contributed by atoms with Crippen LogP contribution in [0.3, 0.4) is 0 Å². The quantitative estimate of drug-likeness (QED) is 0.563. The maximum absolute atomic E-state index is 12.5. The summed E-state index contributed by atoms with van der Waals surface area (Å²) in [6.07, 6.45) is 2.28. The van der Waals surface area contributed by atoms with Crippen LogP contribution in [-0.2, 0) is 9.59 Å². The number of ether oxygens (including phenoxy) is 1. The molecule has 0 spiro atoms. The number of carbonyl (C=O) groups is 2. The Morgan fingerprint density at radius 1 is 1.23 bits per heavy atom. The van der Waals surface area contributed by atoms with Crippen molar-refractivity contribution in [2.75, 3.05) is 29.6 Å². The normalized spacial score (nSPS) is 15.9. The molecule has 0 aliphatic carbocycles. The SMILES string of the molecule is CSc1ccc(N2CC(c3nnc(NC(=O)COc4ccccc4C)o3)CC2=O)cc1. The number of benzene rings is 2. The predicted octanol–water partition coefficient (Wildman–Crippen LogP) is 3.64. The molecule has 1 saturated heterocycles. The van der Waals surface area contributed by atoms with Crippen LogP contribution >= 0.6 is 11.8 Å². The van der Waals surface area contributed by atoms with E-state index in [-0.39, 0.29) is 30.9 Å². The fraction of sp³-hybridized carbons (Fsp3) is 0.273. The summed E-state index contributed by atoms with van der Waals surface area (Å²) in [5.41, 5.74) is 1.78. The van der Waals surface area contributed by atoms with Crippen molar-refractivity contribution in [3.63, 3.8) is 0 Å². The van der Waals surface area contributed by atoms with Crippen LogP contribution < -0.4 is 15.0 Å². The van der Waals surface area contributed by atoms with E-state index in [9.17, 15) is 9.59 Å². The highest BCUT2D eigenvalue weighted by atomic mass is 32.2. The Hall–Kier alpha value is -3.33. The largest absolute Gasteiger partial charge is 0.483 e. The second-order valence-corrected chi connectivity index (χ2v) is 8.03. The molecule has 2 aromatic carbocycles. The van der Waals surface area contributed by atoms with Gasteiger partial charge in [0.15, 0.2) is 6.61 Å². The summed E-state index contributed by atoms with van der Waals surface area (Å²) >= 11 is 1.65. The Labute approximate surface area is 184 Å². The van der Waals surface area contributed by atoms with E-state index in [1.54, 1.807) is 22.7 Å². The molecule has 1 aromatic heterocycles. The molecule has 1 aliphatic rings. The number of carbonyl (C=O) groups excluding carboxylic acids is 2. The molecule has 1 unspecified atom stereocenters. The summed E-state index contributed by atoms with van der Waals surface area (Å²) < 4.78 is 11.1. The van der Waals surface area contributed by atoms with E-state index >= 15 is 0 Å². The summed E-state index contributed by atoms with van der Waals surface area (Å²) in [6.45, 7) is 2.18. The van der Waals surface area contributed by atoms with E-state index in [0.29, 0.717) is 18.2 Å². The van der Waals surface area contributed by atoms with Crippen LogP contribution in [0.2, 0.25) is 0 Å². The second-order valence-electron chi connectivity index (χ2n) is 7.15. The zero-order valence-corrected chi connectivity index (χ0v) is 18.0. The van der Waals surface area contributed by atoms with Crippen LogP contribution in [0.1, 0.15) is 23.8 Å². The number of rotatable bonds is 7. The zero-order chi connectivity index (χ0) is 21.8. The van der Waals surface area contributed by atoms with Crippen molar-refractivity contribution < 1.29 is 18.7 Å². The number of aryl methyl sites for hydroxylation is 1. The number of amides is 2. The Bertz CT molecular complexity index is 1080. The Morgan fingerprint density at radius 3 is 2.74 bits per heavy atom. The third-order valence-corrected chi connectivity index (χ3v) is 5.74. The van der Waals surface area contributed by atoms with Gasteiger partial charge in [-0.3, -0.25) is 14.9 Å². The molecule has 4 rings (SSSR count). The van der Waals surface area contributed by atoms with E-state index in [0.717, 1.165) is 16.1 Å². The van der Waals surface area contributed by atoms with Crippen molar-refractivity contribution in [1.82, 2.24) is 10.2 Å². The maximum Gasteiger partial charge on any atom is 0.322 e. The first-order valence-electron chi connectivity index (χ1n) is 9.79. The van der Waals surface area contributed by atoms with Crippen LogP contribution in [0.4, 0.5) is 11.7 Å². The highest BCUT2D eigenvalue weighted by Gasteiger charge is 2.35. The van der Waals surface area contributed by atoms with E-state index in [1.165, 1.54) is 0 Å². The third kappa shape index (κ3) is 4.88. The summed E-state index contributed by atoms with van der Waals surface area (Å²) in [5.74, 6) is 0.327. The average molecular weight is 439 g/mol. The molecule has 1 aliphatic heterocycles. The van der Waals surface area contributed by atoms with Gasteiger partial charge in [-0.2, -0.15) is 0 Å². The van der Waals surface area contributed by atoms with E-state index < -0.39 is 5.91 Å². The van der Waals surface area contributed by atoms with Gasteiger partial charge in [-0.1, -0.05) is 23.3 Å². The number of hydrogen-bond donors (Lipinski definition) is 1. The molecule has 2 amide bonds. The highest BCUT2D eigenvalue weighted by Crippen LogP contribution is 2.32. The molecule has 0 saturated carbocycles. The standard InChI is InChI=1S/C22H22N4O4S/c1-14-5-3-4-6-18(14)29-13-19(27)23-22-25-24-21(30-22)15-11-20(28)26(12-15)16-7-9-17(31-2)10-8-16/h3-10,15H,11-13H2,1-2H3,(H,23,25,27). The summed E-state index contributed by atoms with van der Waals surface area (Å²) in [4.78, 5) is 27.5. The number of nitrogens with zero attached hydrogens (tertiary/aromatic N) is 3. The first-order chi connectivity index (χ1) is 15.0. The van der Waals surface area contributed by atoms with Crippen LogP contribution in [-0.4, -0.2) is 41.4 Å². The van der Waals surface area contributed by atoms with Gasteiger partial charge < -0.3 is 14.1 Å².